The van der Waals surface area contributed by atoms with Gasteiger partial charge in [-0.25, -0.2) is 0 Å². The summed E-state index contributed by atoms with van der Waals surface area (Å²) in [5.74, 6) is 1.70. The van der Waals surface area contributed by atoms with Crippen LogP contribution in [0.15, 0.2) is 18.2 Å². The molecule has 0 spiro atoms. The Hall–Kier alpha value is -1.55. The van der Waals surface area contributed by atoms with Crippen molar-refractivity contribution in [3.05, 3.63) is 29.0 Å². The monoisotopic (exact) mass is 250 g/mol. The van der Waals surface area contributed by atoms with Gasteiger partial charge in [0.25, 0.3) is 0 Å². The maximum absolute atomic E-state index is 5.96. The van der Waals surface area contributed by atoms with Gasteiger partial charge in [-0.05, 0) is 31.5 Å². The van der Waals surface area contributed by atoms with Gasteiger partial charge >= 0.3 is 0 Å². The number of aryl methyl sites for hydroxylation is 1. The van der Waals surface area contributed by atoms with Gasteiger partial charge in [0.15, 0.2) is 5.82 Å². The van der Waals surface area contributed by atoms with Crippen molar-refractivity contribution < 1.29 is 0 Å². The van der Waals surface area contributed by atoms with Crippen LogP contribution in [0.5, 0.6) is 0 Å². The van der Waals surface area contributed by atoms with Crippen molar-refractivity contribution in [2.75, 3.05) is 5.73 Å². The van der Waals surface area contributed by atoms with Crippen LogP contribution in [0.4, 0.5) is 5.69 Å². The Morgan fingerprint density at radius 2 is 2.12 bits per heavy atom. The van der Waals surface area contributed by atoms with Crippen LogP contribution in [0.2, 0.25) is 5.02 Å². The molecule has 0 radical (unpaired) electrons. The number of nitrogens with two attached hydrogens (primary N) is 1. The van der Waals surface area contributed by atoms with Gasteiger partial charge in [0, 0.05) is 22.8 Å². The highest BCUT2D eigenvalue weighted by molar-refractivity contribution is 6.31. The lowest BCUT2D eigenvalue weighted by Gasteiger charge is -2.09. The van der Waals surface area contributed by atoms with Gasteiger partial charge in [-0.3, -0.25) is 0 Å². The van der Waals surface area contributed by atoms with E-state index in [1.54, 1.807) is 6.07 Å². The van der Waals surface area contributed by atoms with E-state index in [1.165, 1.54) is 0 Å². The number of hydrogen-bond donors (Lipinski definition) is 1. The molecule has 0 atom stereocenters. The summed E-state index contributed by atoms with van der Waals surface area (Å²) in [4.78, 5) is 0. The fraction of sp³-hybridized carbons (Fsp3) is 0.333. The molecular formula is C12H15ClN4. The molecule has 17 heavy (non-hydrogen) atoms. The van der Waals surface area contributed by atoms with Crippen molar-refractivity contribution in [2.45, 2.75) is 26.8 Å². The Bertz CT molecular complexity index is 533. The Morgan fingerprint density at radius 3 is 2.76 bits per heavy atom. The van der Waals surface area contributed by atoms with Crippen LogP contribution in [-0.2, 0) is 6.54 Å². The molecule has 1 aromatic heterocycles. The highest BCUT2D eigenvalue weighted by Gasteiger charge is 2.12. The summed E-state index contributed by atoms with van der Waals surface area (Å²) >= 11 is 5.89. The lowest BCUT2D eigenvalue weighted by atomic mass is 10.1. The zero-order chi connectivity index (χ0) is 12.4. The Kier molecular flexibility index (Phi) is 3.33. The number of hydrogen-bond acceptors (Lipinski definition) is 3. The number of rotatable bonds is 3. The van der Waals surface area contributed by atoms with E-state index in [2.05, 4.69) is 21.7 Å². The van der Waals surface area contributed by atoms with Gasteiger partial charge in [-0.15, -0.1) is 10.2 Å². The molecule has 0 unspecified atom stereocenters. The van der Waals surface area contributed by atoms with E-state index in [0.29, 0.717) is 10.7 Å². The molecule has 0 aliphatic carbocycles. The summed E-state index contributed by atoms with van der Waals surface area (Å²) in [6.07, 6.45) is 1.03. The summed E-state index contributed by atoms with van der Waals surface area (Å²) in [6, 6.07) is 5.43. The van der Waals surface area contributed by atoms with E-state index in [9.17, 15) is 0 Å². The molecule has 90 valence electrons. The lowest BCUT2D eigenvalue weighted by Crippen LogP contribution is -2.03. The van der Waals surface area contributed by atoms with Gasteiger partial charge in [-0.2, -0.15) is 0 Å². The summed E-state index contributed by atoms with van der Waals surface area (Å²) in [5, 5.41) is 8.91. The Morgan fingerprint density at radius 1 is 1.35 bits per heavy atom. The molecule has 1 heterocycles. The maximum Gasteiger partial charge on any atom is 0.166 e. The van der Waals surface area contributed by atoms with E-state index in [4.69, 9.17) is 17.3 Å². The number of anilines is 1. The molecule has 0 bridgehead atoms. The molecule has 0 fully saturated rings. The van der Waals surface area contributed by atoms with Crippen molar-refractivity contribution >= 4 is 17.3 Å². The number of halogens is 1. The summed E-state index contributed by atoms with van der Waals surface area (Å²) in [5.41, 5.74) is 7.47. The van der Waals surface area contributed by atoms with Crippen molar-refractivity contribution in [3.63, 3.8) is 0 Å². The van der Waals surface area contributed by atoms with Gasteiger partial charge in [-0.1, -0.05) is 18.5 Å². The van der Waals surface area contributed by atoms with Gasteiger partial charge < -0.3 is 10.3 Å². The Labute approximate surface area is 105 Å². The quantitative estimate of drug-likeness (QED) is 0.853. The van der Waals surface area contributed by atoms with Gasteiger partial charge in [0.1, 0.15) is 5.82 Å². The number of nitrogen functional groups attached to an aromatic ring is 1. The second-order valence-electron chi connectivity index (χ2n) is 3.95. The average Bonchev–Trinajstić information content (AvgIpc) is 2.62. The summed E-state index contributed by atoms with van der Waals surface area (Å²) < 4.78 is 2.07. The second-order valence-corrected chi connectivity index (χ2v) is 4.39. The fourth-order valence-corrected chi connectivity index (χ4v) is 1.99. The number of aromatic nitrogens is 3. The molecule has 1 aromatic carbocycles. The van der Waals surface area contributed by atoms with Gasteiger partial charge in [0.05, 0.1) is 0 Å². The van der Waals surface area contributed by atoms with E-state index in [-0.39, 0.29) is 0 Å². The fourth-order valence-electron chi connectivity index (χ4n) is 1.81. The summed E-state index contributed by atoms with van der Waals surface area (Å²) in [7, 11) is 0. The highest BCUT2D eigenvalue weighted by Crippen LogP contribution is 2.27. The first-order valence-corrected chi connectivity index (χ1v) is 5.96. The lowest BCUT2D eigenvalue weighted by molar-refractivity contribution is 0.663. The van der Waals surface area contributed by atoms with E-state index in [1.807, 2.05) is 19.1 Å². The van der Waals surface area contributed by atoms with E-state index >= 15 is 0 Å². The van der Waals surface area contributed by atoms with Crippen LogP contribution >= 0.6 is 11.6 Å². The minimum Gasteiger partial charge on any atom is -0.398 e. The maximum atomic E-state index is 5.96. The van der Waals surface area contributed by atoms with Crippen LogP contribution in [0.25, 0.3) is 11.4 Å². The molecule has 0 aliphatic heterocycles. The van der Waals surface area contributed by atoms with E-state index in [0.717, 1.165) is 30.2 Å². The van der Waals surface area contributed by atoms with Crippen LogP contribution in [0.1, 0.15) is 19.2 Å². The normalized spacial score (nSPS) is 10.8. The largest absolute Gasteiger partial charge is 0.398 e. The first-order valence-electron chi connectivity index (χ1n) is 5.58. The topological polar surface area (TPSA) is 56.7 Å². The third kappa shape index (κ3) is 2.26. The molecule has 2 aromatic rings. The minimum absolute atomic E-state index is 0.627. The van der Waals surface area contributed by atoms with Crippen LogP contribution in [0.3, 0.4) is 0 Å². The number of nitrogens with zero attached hydrogens (tertiary/aromatic N) is 3. The third-order valence-electron chi connectivity index (χ3n) is 2.64. The van der Waals surface area contributed by atoms with Crippen molar-refractivity contribution in [2.24, 2.45) is 0 Å². The van der Waals surface area contributed by atoms with Crippen molar-refractivity contribution in [1.82, 2.24) is 14.8 Å². The third-order valence-corrected chi connectivity index (χ3v) is 2.87. The first-order chi connectivity index (χ1) is 8.13. The zero-order valence-electron chi connectivity index (χ0n) is 9.94. The molecule has 0 saturated carbocycles. The predicted molar refractivity (Wildman–Crippen MR) is 69.9 cm³/mol. The van der Waals surface area contributed by atoms with Crippen LogP contribution in [-0.4, -0.2) is 14.8 Å². The van der Waals surface area contributed by atoms with E-state index < -0.39 is 0 Å². The predicted octanol–water partition coefficient (Wildman–Crippen LogP) is 2.90. The SMILES string of the molecule is CCCn1c(C)nnc1-c1ccc(Cl)cc1N. The van der Waals surface area contributed by atoms with Crippen LogP contribution < -0.4 is 5.73 Å². The van der Waals surface area contributed by atoms with Gasteiger partial charge in [0.2, 0.25) is 0 Å². The number of benzene rings is 1. The van der Waals surface area contributed by atoms with Crippen LogP contribution in [0, 0.1) is 6.92 Å². The molecule has 0 amide bonds. The molecule has 2 N–H and O–H groups in total. The molecule has 5 heteroatoms. The molecule has 4 nitrogen and oxygen atoms in total. The Balaban J connectivity index is 2.52. The smallest absolute Gasteiger partial charge is 0.166 e. The average molecular weight is 251 g/mol. The first kappa shape index (κ1) is 11.9. The highest BCUT2D eigenvalue weighted by atomic mass is 35.5. The summed E-state index contributed by atoms with van der Waals surface area (Å²) in [6.45, 7) is 4.95. The molecule has 0 aliphatic rings. The standard InChI is InChI=1S/C12H15ClN4/c1-3-6-17-8(2)15-16-12(17)10-5-4-9(13)7-11(10)14/h4-5,7H,3,6,14H2,1-2H3. The second kappa shape index (κ2) is 4.75. The van der Waals surface area contributed by atoms with Crippen molar-refractivity contribution in [1.29, 1.82) is 0 Å². The molecule has 0 saturated heterocycles. The molecule has 2 rings (SSSR count). The zero-order valence-corrected chi connectivity index (χ0v) is 10.7. The minimum atomic E-state index is 0.627. The van der Waals surface area contributed by atoms with Crippen molar-refractivity contribution in [3.8, 4) is 11.4 Å². The molecular weight excluding hydrogens is 236 g/mol.